The molecule has 27 heavy (non-hydrogen) atoms. The fourth-order valence-electron chi connectivity index (χ4n) is 3.59. The molecule has 1 unspecified atom stereocenters. The van der Waals surface area contributed by atoms with Crippen LogP contribution < -0.4 is 15.0 Å². The standard InChI is InChI=1S/C20H29N3O4/c1-26-18-7-3-2-6-17(18)22-10-12-23(13-11-22)20(25)9-8-19(24)21-15-16-5-4-14-27-16/h2-3,6-7,16H,4-5,8-15H2,1H3,(H,21,24). The number of methoxy groups -OCH3 is 1. The number of para-hydroxylation sites is 2. The Hall–Kier alpha value is -2.28. The normalized spacial score (nSPS) is 19.8. The van der Waals surface area contributed by atoms with E-state index in [4.69, 9.17) is 9.47 Å². The predicted molar refractivity (Wildman–Crippen MR) is 103 cm³/mol. The summed E-state index contributed by atoms with van der Waals surface area (Å²) in [5.74, 6) is 0.814. The highest BCUT2D eigenvalue weighted by atomic mass is 16.5. The van der Waals surface area contributed by atoms with E-state index in [0.717, 1.165) is 44.0 Å². The van der Waals surface area contributed by atoms with Crippen LogP contribution in [0.5, 0.6) is 5.75 Å². The van der Waals surface area contributed by atoms with E-state index in [1.54, 1.807) is 7.11 Å². The molecule has 148 valence electrons. The highest BCUT2D eigenvalue weighted by Crippen LogP contribution is 2.28. The third-order valence-corrected chi connectivity index (χ3v) is 5.18. The van der Waals surface area contributed by atoms with Crippen LogP contribution in [0.1, 0.15) is 25.7 Å². The maximum absolute atomic E-state index is 12.4. The lowest BCUT2D eigenvalue weighted by molar-refractivity contribution is -0.133. The molecule has 0 aromatic heterocycles. The molecule has 0 aliphatic carbocycles. The predicted octanol–water partition coefficient (Wildman–Crippen LogP) is 1.42. The van der Waals surface area contributed by atoms with E-state index in [-0.39, 0.29) is 30.8 Å². The monoisotopic (exact) mass is 375 g/mol. The second-order valence-electron chi connectivity index (χ2n) is 6.98. The van der Waals surface area contributed by atoms with Crippen LogP contribution in [-0.2, 0) is 14.3 Å². The summed E-state index contributed by atoms with van der Waals surface area (Å²) in [5, 5.41) is 2.87. The molecule has 2 saturated heterocycles. The third kappa shape index (κ3) is 5.35. The van der Waals surface area contributed by atoms with Gasteiger partial charge in [-0.3, -0.25) is 9.59 Å². The zero-order chi connectivity index (χ0) is 19.1. The summed E-state index contributed by atoms with van der Waals surface area (Å²) >= 11 is 0. The summed E-state index contributed by atoms with van der Waals surface area (Å²) in [6, 6.07) is 7.92. The van der Waals surface area contributed by atoms with Gasteiger partial charge in [0.2, 0.25) is 11.8 Å². The van der Waals surface area contributed by atoms with Crippen LogP contribution >= 0.6 is 0 Å². The van der Waals surface area contributed by atoms with Crippen molar-refractivity contribution >= 4 is 17.5 Å². The van der Waals surface area contributed by atoms with Gasteiger partial charge < -0.3 is 24.6 Å². The number of carbonyl (C=O) groups is 2. The SMILES string of the molecule is COc1ccccc1N1CCN(C(=O)CCC(=O)NCC2CCCO2)CC1. The van der Waals surface area contributed by atoms with E-state index in [1.807, 2.05) is 29.2 Å². The molecule has 1 N–H and O–H groups in total. The smallest absolute Gasteiger partial charge is 0.223 e. The van der Waals surface area contributed by atoms with E-state index in [0.29, 0.717) is 19.6 Å². The lowest BCUT2D eigenvalue weighted by atomic mass is 10.2. The molecular formula is C20H29N3O4. The minimum Gasteiger partial charge on any atom is -0.495 e. The highest BCUT2D eigenvalue weighted by Gasteiger charge is 2.23. The van der Waals surface area contributed by atoms with Gasteiger partial charge in [-0.25, -0.2) is 0 Å². The van der Waals surface area contributed by atoms with E-state index >= 15 is 0 Å². The Kier molecular flexibility index (Phi) is 6.92. The van der Waals surface area contributed by atoms with Gasteiger partial charge in [-0.05, 0) is 25.0 Å². The first kappa shape index (κ1) is 19.5. The molecular weight excluding hydrogens is 346 g/mol. The summed E-state index contributed by atoms with van der Waals surface area (Å²) in [6.45, 7) is 4.17. The fraction of sp³-hybridized carbons (Fsp3) is 0.600. The van der Waals surface area contributed by atoms with Gasteiger partial charge in [0.25, 0.3) is 0 Å². The lowest BCUT2D eigenvalue weighted by Crippen LogP contribution is -2.49. The zero-order valence-corrected chi connectivity index (χ0v) is 16.0. The molecule has 7 nitrogen and oxygen atoms in total. The first-order chi connectivity index (χ1) is 13.2. The molecule has 7 heteroatoms. The van der Waals surface area contributed by atoms with Gasteiger partial charge in [-0.2, -0.15) is 0 Å². The zero-order valence-electron chi connectivity index (χ0n) is 16.0. The maximum Gasteiger partial charge on any atom is 0.223 e. The number of ether oxygens (including phenoxy) is 2. The molecule has 0 bridgehead atoms. The van der Waals surface area contributed by atoms with E-state index in [1.165, 1.54) is 0 Å². The minimum atomic E-state index is -0.0773. The molecule has 0 saturated carbocycles. The summed E-state index contributed by atoms with van der Waals surface area (Å²) in [6.07, 6.45) is 2.67. The van der Waals surface area contributed by atoms with Crippen LogP contribution in [0, 0.1) is 0 Å². The van der Waals surface area contributed by atoms with Crippen molar-refractivity contribution in [2.45, 2.75) is 31.8 Å². The maximum atomic E-state index is 12.4. The number of carbonyl (C=O) groups excluding carboxylic acids is 2. The Bertz CT molecular complexity index is 638. The Morgan fingerprint density at radius 1 is 1.19 bits per heavy atom. The molecule has 2 heterocycles. The summed E-state index contributed by atoms with van der Waals surface area (Å²) in [5.41, 5.74) is 1.06. The fourth-order valence-corrected chi connectivity index (χ4v) is 3.59. The highest BCUT2D eigenvalue weighted by molar-refractivity contribution is 5.84. The van der Waals surface area contributed by atoms with Crippen molar-refractivity contribution in [1.82, 2.24) is 10.2 Å². The van der Waals surface area contributed by atoms with Gasteiger partial charge in [0.15, 0.2) is 0 Å². The molecule has 2 aliphatic rings. The third-order valence-electron chi connectivity index (χ3n) is 5.18. The number of hydrogen-bond acceptors (Lipinski definition) is 5. The van der Waals surface area contributed by atoms with Gasteiger partial charge in [0.05, 0.1) is 18.9 Å². The Balaban J connectivity index is 1.38. The molecule has 2 aliphatic heterocycles. The average molecular weight is 375 g/mol. The Morgan fingerprint density at radius 2 is 1.96 bits per heavy atom. The lowest BCUT2D eigenvalue weighted by Gasteiger charge is -2.36. The van der Waals surface area contributed by atoms with E-state index < -0.39 is 0 Å². The quantitative estimate of drug-likeness (QED) is 0.780. The number of anilines is 1. The van der Waals surface area contributed by atoms with Crippen LogP contribution in [0.2, 0.25) is 0 Å². The second kappa shape index (κ2) is 9.60. The van der Waals surface area contributed by atoms with Crippen molar-refractivity contribution in [2.75, 3.05) is 51.3 Å². The molecule has 1 aromatic rings. The van der Waals surface area contributed by atoms with Crippen LogP contribution in [0.4, 0.5) is 5.69 Å². The largest absolute Gasteiger partial charge is 0.495 e. The van der Waals surface area contributed by atoms with Crippen molar-refractivity contribution in [3.05, 3.63) is 24.3 Å². The van der Waals surface area contributed by atoms with Gasteiger partial charge in [0.1, 0.15) is 5.75 Å². The van der Waals surface area contributed by atoms with Crippen molar-refractivity contribution in [1.29, 1.82) is 0 Å². The molecule has 1 atom stereocenters. The second-order valence-corrected chi connectivity index (χ2v) is 6.98. The van der Waals surface area contributed by atoms with Crippen molar-refractivity contribution in [3.8, 4) is 5.75 Å². The topological polar surface area (TPSA) is 71.1 Å². The van der Waals surface area contributed by atoms with Crippen LogP contribution in [0.25, 0.3) is 0 Å². The number of benzene rings is 1. The van der Waals surface area contributed by atoms with Gasteiger partial charge in [-0.15, -0.1) is 0 Å². The minimum absolute atomic E-state index is 0.0435. The number of rotatable bonds is 7. The average Bonchev–Trinajstić information content (AvgIpc) is 3.24. The molecule has 1 aromatic carbocycles. The van der Waals surface area contributed by atoms with Crippen molar-refractivity contribution in [3.63, 3.8) is 0 Å². The van der Waals surface area contributed by atoms with E-state index in [2.05, 4.69) is 10.2 Å². The number of amides is 2. The van der Waals surface area contributed by atoms with Gasteiger partial charge in [0, 0.05) is 52.2 Å². The first-order valence-corrected chi connectivity index (χ1v) is 9.71. The van der Waals surface area contributed by atoms with Gasteiger partial charge >= 0.3 is 0 Å². The first-order valence-electron chi connectivity index (χ1n) is 9.71. The summed E-state index contributed by atoms with van der Waals surface area (Å²) in [4.78, 5) is 28.4. The van der Waals surface area contributed by atoms with Crippen molar-refractivity contribution in [2.24, 2.45) is 0 Å². The molecule has 2 amide bonds. The molecule has 0 spiro atoms. The Morgan fingerprint density at radius 3 is 2.67 bits per heavy atom. The van der Waals surface area contributed by atoms with E-state index in [9.17, 15) is 9.59 Å². The number of piperazine rings is 1. The van der Waals surface area contributed by atoms with Crippen molar-refractivity contribution < 1.29 is 19.1 Å². The Labute approximate surface area is 160 Å². The number of hydrogen-bond donors (Lipinski definition) is 1. The number of nitrogens with zero attached hydrogens (tertiary/aromatic N) is 2. The van der Waals surface area contributed by atoms with Crippen LogP contribution in [0.3, 0.4) is 0 Å². The molecule has 3 rings (SSSR count). The summed E-state index contributed by atoms with van der Waals surface area (Å²) in [7, 11) is 1.67. The van der Waals surface area contributed by atoms with Crippen LogP contribution in [0.15, 0.2) is 24.3 Å². The molecule has 2 fully saturated rings. The van der Waals surface area contributed by atoms with Gasteiger partial charge in [-0.1, -0.05) is 12.1 Å². The molecule has 0 radical (unpaired) electrons. The summed E-state index contributed by atoms with van der Waals surface area (Å²) < 4.78 is 10.9. The van der Waals surface area contributed by atoms with Crippen LogP contribution in [-0.4, -0.2) is 69.3 Å². The number of nitrogens with one attached hydrogen (secondary N) is 1.